The van der Waals surface area contributed by atoms with Gasteiger partial charge in [-0.25, -0.2) is 0 Å². The van der Waals surface area contributed by atoms with Crippen molar-refractivity contribution in [2.24, 2.45) is 0 Å². The first-order valence-corrected chi connectivity index (χ1v) is 5.77. The zero-order valence-electron chi connectivity index (χ0n) is 9.85. The monoisotopic (exact) mass is 264 g/mol. The van der Waals surface area contributed by atoms with Crippen molar-refractivity contribution in [2.75, 3.05) is 11.1 Å². The minimum absolute atomic E-state index is 0.0987. The number of rotatable bonds is 3. The van der Waals surface area contributed by atoms with Gasteiger partial charge < -0.3 is 11.1 Å². The molecule has 0 bridgehead atoms. The fourth-order valence-electron chi connectivity index (χ4n) is 1.55. The predicted molar refractivity (Wildman–Crippen MR) is 71.5 cm³/mol. The molecule has 0 aliphatic heterocycles. The van der Waals surface area contributed by atoms with Gasteiger partial charge in [-0.3, -0.25) is 9.48 Å². The number of nitrogen functional groups attached to an aromatic ring is 1. The fourth-order valence-corrected chi connectivity index (χ4v) is 1.72. The Morgan fingerprint density at radius 1 is 1.56 bits per heavy atom. The Bertz CT molecular complexity index is 579. The van der Waals surface area contributed by atoms with Crippen LogP contribution in [0.15, 0.2) is 30.6 Å². The van der Waals surface area contributed by atoms with Gasteiger partial charge in [0.15, 0.2) is 0 Å². The molecule has 1 aromatic carbocycles. The smallest absolute Gasteiger partial charge is 0.246 e. The molecule has 0 atom stereocenters. The van der Waals surface area contributed by atoms with E-state index in [9.17, 15) is 4.79 Å². The van der Waals surface area contributed by atoms with Crippen LogP contribution in [0.1, 0.15) is 5.56 Å². The molecule has 2 aromatic rings. The van der Waals surface area contributed by atoms with Gasteiger partial charge in [-0.15, -0.1) is 0 Å². The number of carbonyl (C=O) groups excluding carboxylic acids is 1. The van der Waals surface area contributed by atoms with Gasteiger partial charge in [0.05, 0.1) is 22.6 Å². The summed E-state index contributed by atoms with van der Waals surface area (Å²) in [5, 5.41) is 7.22. The number of nitrogens with one attached hydrogen (secondary N) is 1. The number of aromatic nitrogens is 2. The number of halogens is 1. The van der Waals surface area contributed by atoms with Gasteiger partial charge in [0.2, 0.25) is 5.91 Å². The van der Waals surface area contributed by atoms with E-state index in [-0.39, 0.29) is 12.5 Å². The van der Waals surface area contributed by atoms with Crippen molar-refractivity contribution in [3.05, 3.63) is 41.2 Å². The molecule has 1 aromatic heterocycles. The van der Waals surface area contributed by atoms with Crippen LogP contribution in [0.2, 0.25) is 5.02 Å². The maximum Gasteiger partial charge on any atom is 0.246 e. The quantitative estimate of drug-likeness (QED) is 0.891. The maximum atomic E-state index is 11.8. The summed E-state index contributed by atoms with van der Waals surface area (Å²) in [7, 11) is 0. The molecule has 5 nitrogen and oxygen atoms in total. The highest BCUT2D eigenvalue weighted by Crippen LogP contribution is 2.24. The Hall–Kier alpha value is -2.01. The highest BCUT2D eigenvalue weighted by Gasteiger charge is 2.08. The van der Waals surface area contributed by atoms with E-state index in [4.69, 9.17) is 17.3 Å². The SMILES string of the molecule is Cc1cccc(NC(=O)Cn2cc(N)cn2)c1Cl. The number of hydrogen-bond acceptors (Lipinski definition) is 3. The second-order valence-electron chi connectivity index (χ2n) is 3.96. The molecule has 0 saturated carbocycles. The lowest BCUT2D eigenvalue weighted by Crippen LogP contribution is -2.19. The topological polar surface area (TPSA) is 72.9 Å². The van der Waals surface area contributed by atoms with Crippen molar-refractivity contribution >= 4 is 28.9 Å². The van der Waals surface area contributed by atoms with Crippen LogP contribution in [0, 0.1) is 6.92 Å². The van der Waals surface area contributed by atoms with Crippen molar-refractivity contribution in [2.45, 2.75) is 13.5 Å². The first-order chi connectivity index (χ1) is 8.56. The van der Waals surface area contributed by atoms with Crippen LogP contribution >= 0.6 is 11.6 Å². The van der Waals surface area contributed by atoms with E-state index in [1.54, 1.807) is 12.3 Å². The number of carbonyl (C=O) groups is 1. The molecule has 6 heteroatoms. The van der Waals surface area contributed by atoms with Crippen molar-refractivity contribution in [1.29, 1.82) is 0 Å². The average molecular weight is 265 g/mol. The number of hydrogen-bond donors (Lipinski definition) is 2. The minimum Gasteiger partial charge on any atom is -0.396 e. The Morgan fingerprint density at radius 2 is 2.33 bits per heavy atom. The molecule has 94 valence electrons. The van der Waals surface area contributed by atoms with Crippen LogP contribution < -0.4 is 11.1 Å². The third kappa shape index (κ3) is 2.81. The summed E-state index contributed by atoms with van der Waals surface area (Å²) in [6, 6.07) is 5.47. The number of nitrogens with zero attached hydrogens (tertiary/aromatic N) is 2. The van der Waals surface area contributed by atoms with Crippen LogP contribution in [0.5, 0.6) is 0 Å². The second kappa shape index (κ2) is 5.10. The van der Waals surface area contributed by atoms with Crippen LogP contribution in [0.25, 0.3) is 0 Å². The second-order valence-corrected chi connectivity index (χ2v) is 4.33. The molecule has 0 saturated heterocycles. The summed E-state index contributed by atoms with van der Waals surface area (Å²) < 4.78 is 1.47. The lowest BCUT2D eigenvalue weighted by Gasteiger charge is -2.08. The van der Waals surface area contributed by atoms with E-state index < -0.39 is 0 Å². The van der Waals surface area contributed by atoms with Gasteiger partial charge in [-0.1, -0.05) is 23.7 Å². The van der Waals surface area contributed by atoms with Crippen LogP contribution in [-0.2, 0) is 11.3 Å². The highest BCUT2D eigenvalue weighted by atomic mass is 35.5. The number of benzene rings is 1. The third-order valence-electron chi connectivity index (χ3n) is 2.42. The normalized spacial score (nSPS) is 10.3. The first kappa shape index (κ1) is 12.4. The maximum absolute atomic E-state index is 11.8. The van der Waals surface area contributed by atoms with Crippen molar-refractivity contribution < 1.29 is 4.79 Å². The Labute approximate surface area is 110 Å². The zero-order valence-corrected chi connectivity index (χ0v) is 10.6. The fraction of sp³-hybridized carbons (Fsp3) is 0.167. The van der Waals surface area contributed by atoms with Gasteiger partial charge >= 0.3 is 0 Å². The van der Waals surface area contributed by atoms with Gasteiger partial charge in [-0.2, -0.15) is 5.10 Å². The molecule has 0 aliphatic carbocycles. The number of amides is 1. The lowest BCUT2D eigenvalue weighted by molar-refractivity contribution is -0.116. The van der Waals surface area contributed by atoms with E-state index in [1.165, 1.54) is 10.9 Å². The molecule has 0 fully saturated rings. The summed E-state index contributed by atoms with van der Waals surface area (Å²) in [4.78, 5) is 11.8. The van der Waals surface area contributed by atoms with Gasteiger partial charge in [-0.05, 0) is 18.6 Å². The molecule has 18 heavy (non-hydrogen) atoms. The molecule has 1 heterocycles. The summed E-state index contributed by atoms with van der Waals surface area (Å²) in [6.45, 7) is 1.98. The molecule has 3 N–H and O–H groups in total. The summed E-state index contributed by atoms with van der Waals surface area (Å²) >= 11 is 6.09. The van der Waals surface area contributed by atoms with Crippen LogP contribution in [-0.4, -0.2) is 15.7 Å². The molecular weight excluding hydrogens is 252 g/mol. The molecule has 0 radical (unpaired) electrons. The first-order valence-electron chi connectivity index (χ1n) is 5.39. The lowest BCUT2D eigenvalue weighted by atomic mass is 10.2. The molecular formula is C12H13ClN4O. The van der Waals surface area contributed by atoms with Crippen molar-refractivity contribution in [3.63, 3.8) is 0 Å². The average Bonchev–Trinajstić information content (AvgIpc) is 2.70. The van der Waals surface area contributed by atoms with Crippen molar-refractivity contribution in [3.8, 4) is 0 Å². The molecule has 0 unspecified atom stereocenters. The standard InChI is InChI=1S/C12H13ClN4O/c1-8-3-2-4-10(12(8)13)16-11(18)7-17-6-9(14)5-15-17/h2-6H,7,14H2,1H3,(H,16,18). The number of nitrogens with two attached hydrogens (primary N) is 1. The molecule has 0 aliphatic rings. The van der Waals surface area contributed by atoms with E-state index in [0.29, 0.717) is 16.4 Å². The van der Waals surface area contributed by atoms with Gasteiger partial charge in [0.25, 0.3) is 0 Å². The molecule has 1 amide bonds. The van der Waals surface area contributed by atoms with E-state index in [1.807, 2.05) is 19.1 Å². The molecule has 0 spiro atoms. The highest BCUT2D eigenvalue weighted by molar-refractivity contribution is 6.34. The Morgan fingerprint density at radius 3 is 3.00 bits per heavy atom. The summed E-state index contributed by atoms with van der Waals surface area (Å²) in [5.41, 5.74) is 7.55. The van der Waals surface area contributed by atoms with Gasteiger partial charge in [0, 0.05) is 6.20 Å². The van der Waals surface area contributed by atoms with Crippen molar-refractivity contribution in [1.82, 2.24) is 9.78 Å². The van der Waals surface area contributed by atoms with E-state index in [2.05, 4.69) is 10.4 Å². The van der Waals surface area contributed by atoms with Crippen LogP contribution in [0.3, 0.4) is 0 Å². The number of anilines is 2. The molecule has 2 rings (SSSR count). The Balaban J connectivity index is 2.05. The van der Waals surface area contributed by atoms with E-state index in [0.717, 1.165) is 5.56 Å². The van der Waals surface area contributed by atoms with Crippen LogP contribution in [0.4, 0.5) is 11.4 Å². The third-order valence-corrected chi connectivity index (χ3v) is 2.93. The zero-order chi connectivity index (χ0) is 13.1. The minimum atomic E-state index is -0.203. The van der Waals surface area contributed by atoms with Gasteiger partial charge in [0.1, 0.15) is 6.54 Å². The largest absolute Gasteiger partial charge is 0.396 e. The summed E-state index contributed by atoms with van der Waals surface area (Å²) in [5.74, 6) is -0.203. The number of aryl methyl sites for hydroxylation is 1. The summed E-state index contributed by atoms with van der Waals surface area (Å²) in [6.07, 6.45) is 3.09. The van der Waals surface area contributed by atoms with E-state index >= 15 is 0 Å². The predicted octanol–water partition coefficient (Wildman–Crippen LogP) is 2.07. The Kier molecular flexibility index (Phi) is 3.53.